The topological polar surface area (TPSA) is 63.6 Å². The van der Waals surface area contributed by atoms with E-state index in [-0.39, 0.29) is 24.2 Å². The van der Waals surface area contributed by atoms with Crippen LogP contribution >= 0.6 is 11.6 Å². The van der Waals surface area contributed by atoms with Gasteiger partial charge in [-0.25, -0.2) is 0 Å². The fourth-order valence-electron chi connectivity index (χ4n) is 4.96. The third-order valence-corrected chi connectivity index (χ3v) is 6.56. The normalized spacial score (nSPS) is 19.4. The van der Waals surface area contributed by atoms with Gasteiger partial charge in [0.05, 0.1) is 23.4 Å². The predicted octanol–water partition coefficient (Wildman–Crippen LogP) is 4.11. The number of benzene rings is 1. The SMILES string of the molecule is COc1ccc(C(=O)N2CCC3(CC2)NC(C)(C)Cn2c(C(C)=O)ccc23)cc1Cl.[HH]. The summed E-state index contributed by atoms with van der Waals surface area (Å²) in [5.74, 6) is 0.615. The van der Waals surface area contributed by atoms with Crippen molar-refractivity contribution in [1.29, 1.82) is 0 Å². The number of aromatic nitrogens is 1. The number of hydrogen-bond donors (Lipinski definition) is 1. The first kappa shape index (κ1) is 20.9. The van der Waals surface area contributed by atoms with Gasteiger partial charge >= 0.3 is 0 Å². The summed E-state index contributed by atoms with van der Waals surface area (Å²) >= 11 is 6.21. The molecule has 1 saturated heterocycles. The highest BCUT2D eigenvalue weighted by atomic mass is 35.5. The molecular weight excluding hydrogens is 402 g/mol. The van der Waals surface area contributed by atoms with Gasteiger partial charge in [0, 0.05) is 44.8 Å². The van der Waals surface area contributed by atoms with E-state index in [1.807, 2.05) is 11.0 Å². The summed E-state index contributed by atoms with van der Waals surface area (Å²) in [4.78, 5) is 27.0. The number of carbonyl (C=O) groups is 2. The molecule has 0 unspecified atom stereocenters. The van der Waals surface area contributed by atoms with Crippen molar-refractivity contribution in [2.24, 2.45) is 0 Å². The minimum Gasteiger partial charge on any atom is -0.495 e. The van der Waals surface area contributed by atoms with Crippen molar-refractivity contribution in [3.05, 3.63) is 52.3 Å². The number of fused-ring (bicyclic) bond motifs is 2. The van der Waals surface area contributed by atoms with E-state index in [9.17, 15) is 9.59 Å². The zero-order valence-corrected chi connectivity index (χ0v) is 18.7. The first-order valence-electron chi connectivity index (χ1n) is 10.3. The number of ketones is 1. The lowest BCUT2D eigenvalue weighted by Gasteiger charge is -2.51. The van der Waals surface area contributed by atoms with Crippen LogP contribution in [-0.2, 0) is 12.1 Å². The molecule has 2 aliphatic rings. The van der Waals surface area contributed by atoms with Crippen molar-refractivity contribution in [3.8, 4) is 5.75 Å². The minimum atomic E-state index is -0.246. The first-order valence-corrected chi connectivity index (χ1v) is 10.7. The molecule has 2 aromatic rings. The van der Waals surface area contributed by atoms with Gasteiger partial charge in [-0.2, -0.15) is 0 Å². The van der Waals surface area contributed by atoms with E-state index < -0.39 is 0 Å². The standard InChI is InChI=1S/C23H28ClN3O3.H2/c1-15(28)18-6-8-20-23(25-22(2,3)14-27(18)20)9-11-26(12-10-23)21(29)16-5-7-19(30-4)17(24)13-16;/h5-8,13,25H,9-12,14H2,1-4H3;1H. The lowest BCUT2D eigenvalue weighted by atomic mass is 9.79. The van der Waals surface area contributed by atoms with E-state index >= 15 is 0 Å². The van der Waals surface area contributed by atoms with E-state index in [4.69, 9.17) is 16.3 Å². The molecule has 0 atom stereocenters. The maximum absolute atomic E-state index is 13.0. The molecule has 4 rings (SSSR count). The molecule has 162 valence electrons. The second-order valence-corrected chi connectivity index (χ2v) is 9.39. The highest BCUT2D eigenvalue weighted by Gasteiger charge is 2.46. The molecule has 2 aliphatic heterocycles. The molecule has 0 saturated carbocycles. The van der Waals surface area contributed by atoms with Gasteiger partial charge in [-0.05, 0) is 57.0 Å². The predicted molar refractivity (Wildman–Crippen MR) is 119 cm³/mol. The summed E-state index contributed by atoms with van der Waals surface area (Å²) < 4.78 is 7.35. The molecule has 1 N–H and O–H groups in total. The van der Waals surface area contributed by atoms with Gasteiger partial charge < -0.3 is 14.2 Å². The van der Waals surface area contributed by atoms with E-state index in [1.54, 1.807) is 32.2 Å². The van der Waals surface area contributed by atoms with Crippen LogP contribution in [0.3, 0.4) is 0 Å². The molecule has 0 bridgehead atoms. The average Bonchev–Trinajstić information content (AvgIpc) is 3.11. The van der Waals surface area contributed by atoms with Crippen LogP contribution in [0.5, 0.6) is 5.75 Å². The van der Waals surface area contributed by atoms with Crippen LogP contribution in [0, 0.1) is 0 Å². The molecule has 0 radical (unpaired) electrons. The highest BCUT2D eigenvalue weighted by Crippen LogP contribution is 2.40. The molecule has 30 heavy (non-hydrogen) atoms. The van der Waals surface area contributed by atoms with Gasteiger partial charge in [0.1, 0.15) is 5.75 Å². The molecular formula is C23H30ClN3O3. The average molecular weight is 432 g/mol. The number of ether oxygens (including phenoxy) is 1. The Bertz CT molecular complexity index is 1010. The molecule has 1 aromatic carbocycles. The number of nitrogens with zero attached hydrogens (tertiary/aromatic N) is 2. The lowest BCUT2D eigenvalue weighted by Crippen LogP contribution is -2.63. The Morgan fingerprint density at radius 1 is 1.17 bits per heavy atom. The summed E-state index contributed by atoms with van der Waals surface area (Å²) in [7, 11) is 1.55. The van der Waals surface area contributed by atoms with Crippen molar-refractivity contribution in [3.63, 3.8) is 0 Å². The summed E-state index contributed by atoms with van der Waals surface area (Å²) in [6.07, 6.45) is 1.57. The Morgan fingerprint density at radius 3 is 2.47 bits per heavy atom. The number of Topliss-reactive ketones (excluding diaryl/α,β-unsaturated/α-hetero) is 1. The van der Waals surface area contributed by atoms with Gasteiger partial charge in [0.2, 0.25) is 0 Å². The van der Waals surface area contributed by atoms with Crippen LogP contribution in [0.1, 0.15) is 61.6 Å². The number of likely N-dealkylation sites (tertiary alicyclic amines) is 1. The summed E-state index contributed by atoms with van der Waals surface area (Å²) in [6.45, 7) is 7.96. The molecule has 1 spiro atoms. The Labute approximate surface area is 183 Å². The molecule has 0 aliphatic carbocycles. The van der Waals surface area contributed by atoms with Crippen molar-refractivity contribution < 1.29 is 15.8 Å². The van der Waals surface area contributed by atoms with Crippen molar-refractivity contribution in [2.45, 2.75) is 51.2 Å². The Morgan fingerprint density at radius 2 is 1.87 bits per heavy atom. The number of piperidine rings is 1. The molecule has 1 aromatic heterocycles. The van der Waals surface area contributed by atoms with Gasteiger partial charge in [0.25, 0.3) is 5.91 Å². The number of hydrogen-bond acceptors (Lipinski definition) is 4. The fraction of sp³-hybridized carbons (Fsp3) is 0.478. The van der Waals surface area contributed by atoms with Crippen molar-refractivity contribution in [1.82, 2.24) is 14.8 Å². The number of nitrogens with one attached hydrogen (secondary N) is 1. The van der Waals surface area contributed by atoms with Crippen LogP contribution in [0.15, 0.2) is 30.3 Å². The third-order valence-electron chi connectivity index (χ3n) is 6.27. The van der Waals surface area contributed by atoms with E-state index in [2.05, 4.69) is 29.8 Å². The van der Waals surface area contributed by atoms with Gasteiger partial charge in [0.15, 0.2) is 5.78 Å². The van der Waals surface area contributed by atoms with Crippen LogP contribution in [0.2, 0.25) is 5.02 Å². The second kappa shape index (κ2) is 7.43. The largest absolute Gasteiger partial charge is 0.495 e. The molecule has 1 amide bonds. The van der Waals surface area contributed by atoms with E-state index in [1.165, 1.54) is 0 Å². The van der Waals surface area contributed by atoms with Gasteiger partial charge in [-0.3, -0.25) is 14.9 Å². The minimum absolute atomic E-state index is 0. The van der Waals surface area contributed by atoms with Crippen molar-refractivity contribution in [2.75, 3.05) is 20.2 Å². The summed E-state index contributed by atoms with van der Waals surface area (Å²) in [5, 5.41) is 4.26. The molecule has 3 heterocycles. The Hall–Kier alpha value is -2.31. The van der Waals surface area contributed by atoms with E-state index in [0.717, 1.165) is 30.8 Å². The summed E-state index contributed by atoms with van der Waals surface area (Å²) in [6, 6.07) is 9.14. The third kappa shape index (κ3) is 3.52. The Kier molecular flexibility index (Phi) is 5.19. The maximum atomic E-state index is 13.0. The maximum Gasteiger partial charge on any atom is 0.253 e. The first-order chi connectivity index (χ1) is 14.2. The molecule has 6 nitrogen and oxygen atoms in total. The molecule has 1 fully saturated rings. The fourth-order valence-corrected chi connectivity index (χ4v) is 5.22. The number of carbonyl (C=O) groups excluding carboxylic acids is 2. The van der Waals surface area contributed by atoms with Crippen LogP contribution < -0.4 is 10.1 Å². The molecule has 7 heteroatoms. The second-order valence-electron chi connectivity index (χ2n) is 8.98. The van der Waals surface area contributed by atoms with E-state index in [0.29, 0.717) is 29.4 Å². The number of halogens is 1. The number of rotatable bonds is 3. The summed E-state index contributed by atoms with van der Waals surface area (Å²) in [5.41, 5.74) is 2.07. The van der Waals surface area contributed by atoms with Crippen molar-refractivity contribution >= 4 is 23.3 Å². The smallest absolute Gasteiger partial charge is 0.253 e. The highest BCUT2D eigenvalue weighted by molar-refractivity contribution is 6.32. The lowest BCUT2D eigenvalue weighted by molar-refractivity contribution is 0.0519. The van der Waals surface area contributed by atoms with Crippen LogP contribution in [0.25, 0.3) is 0 Å². The van der Waals surface area contributed by atoms with Crippen LogP contribution in [0.4, 0.5) is 0 Å². The van der Waals surface area contributed by atoms with Crippen LogP contribution in [-0.4, -0.2) is 46.9 Å². The van der Waals surface area contributed by atoms with Gasteiger partial charge in [-0.1, -0.05) is 11.6 Å². The quantitative estimate of drug-likeness (QED) is 0.743. The van der Waals surface area contributed by atoms with Gasteiger partial charge in [-0.15, -0.1) is 0 Å². The Balaban J connectivity index is 0.00000272. The number of methoxy groups -OCH3 is 1. The zero-order chi connectivity index (χ0) is 21.7. The number of amides is 1. The zero-order valence-electron chi connectivity index (χ0n) is 17.9. The monoisotopic (exact) mass is 431 g/mol.